The van der Waals surface area contributed by atoms with Crippen LogP contribution in [-0.2, 0) is 17.4 Å². The van der Waals surface area contributed by atoms with Crippen LogP contribution in [0.5, 0.6) is 5.75 Å². The number of carboxylic acids is 1. The molecule has 2 aliphatic heterocycles. The van der Waals surface area contributed by atoms with Crippen molar-refractivity contribution in [3.63, 3.8) is 0 Å². The number of fused-ring (bicyclic) bond motifs is 2. The van der Waals surface area contributed by atoms with E-state index in [9.17, 15) is 23.1 Å². The van der Waals surface area contributed by atoms with Gasteiger partial charge in [-0.05, 0) is 66.8 Å². The molecule has 7 nitrogen and oxygen atoms in total. The van der Waals surface area contributed by atoms with Crippen molar-refractivity contribution in [2.45, 2.75) is 63.1 Å². The van der Waals surface area contributed by atoms with Crippen LogP contribution in [0.1, 0.15) is 61.8 Å². The molecular formula is C27H29F3N4O3. The van der Waals surface area contributed by atoms with Crippen molar-refractivity contribution in [1.29, 1.82) is 0 Å². The number of aryl methyl sites for hydroxylation is 1. The van der Waals surface area contributed by atoms with Crippen LogP contribution < -0.4 is 9.64 Å². The molecule has 3 aliphatic rings. The third kappa shape index (κ3) is 4.51. The van der Waals surface area contributed by atoms with Crippen LogP contribution in [0.15, 0.2) is 36.5 Å². The van der Waals surface area contributed by atoms with Crippen molar-refractivity contribution in [3.05, 3.63) is 53.3 Å². The highest BCUT2D eigenvalue weighted by atomic mass is 19.4. The Labute approximate surface area is 212 Å². The number of hydrogen-bond donors (Lipinski definition) is 1. The number of halogens is 3. The molecule has 1 spiro atoms. The Kier molecular flexibility index (Phi) is 5.61. The van der Waals surface area contributed by atoms with E-state index in [1.54, 1.807) is 19.1 Å². The molecule has 2 atom stereocenters. The van der Waals surface area contributed by atoms with Crippen molar-refractivity contribution in [2.24, 2.45) is 11.8 Å². The Bertz CT molecular complexity index is 1340. The van der Waals surface area contributed by atoms with E-state index in [0.717, 1.165) is 61.6 Å². The van der Waals surface area contributed by atoms with Gasteiger partial charge in [0.05, 0.1) is 12.1 Å². The van der Waals surface area contributed by atoms with Crippen LogP contribution >= 0.6 is 0 Å². The molecule has 1 unspecified atom stereocenters. The topological polar surface area (TPSA) is 80.0 Å². The van der Waals surface area contributed by atoms with Gasteiger partial charge in [0.25, 0.3) is 0 Å². The summed E-state index contributed by atoms with van der Waals surface area (Å²) in [7, 11) is 0. The predicted molar refractivity (Wildman–Crippen MR) is 130 cm³/mol. The molecule has 0 bridgehead atoms. The fraction of sp³-hybridized carbons (Fsp3) is 0.519. The highest BCUT2D eigenvalue weighted by Crippen LogP contribution is 2.49. The standard InChI is InChI=1S/C27H29F3N4O3/c1-16(25(35)36)24(18-3-4-18)19-5-2-17-8-9-26(37-20(17)14-19)10-12-33(13-11-26)23-7-6-22-31-21(27(28,29)30)15-34(22)32-23/h2,5-7,14-16,18,24H,3-4,8-13H2,1H3,(H,35,36)/t16-,24?/m0/s1. The van der Waals surface area contributed by atoms with Gasteiger partial charge in [-0.1, -0.05) is 19.1 Å². The van der Waals surface area contributed by atoms with Crippen LogP contribution in [0, 0.1) is 11.8 Å². The number of alkyl halides is 3. The Morgan fingerprint density at radius 1 is 1.16 bits per heavy atom. The fourth-order valence-corrected chi connectivity index (χ4v) is 5.98. The second-order valence-corrected chi connectivity index (χ2v) is 10.7. The van der Waals surface area contributed by atoms with Crippen LogP contribution in [0.4, 0.5) is 19.0 Å². The van der Waals surface area contributed by atoms with Gasteiger partial charge in [0.2, 0.25) is 0 Å². The Balaban J connectivity index is 1.18. The smallest absolute Gasteiger partial charge is 0.434 e. The van der Waals surface area contributed by atoms with Gasteiger partial charge >= 0.3 is 12.1 Å². The number of piperidine rings is 1. The first-order valence-corrected chi connectivity index (χ1v) is 12.9. The highest BCUT2D eigenvalue weighted by Gasteiger charge is 2.42. The van der Waals surface area contributed by atoms with Crippen molar-refractivity contribution in [3.8, 4) is 5.75 Å². The largest absolute Gasteiger partial charge is 0.487 e. The molecule has 1 N–H and O–H groups in total. The molecular weight excluding hydrogens is 485 g/mol. The molecule has 1 saturated carbocycles. The highest BCUT2D eigenvalue weighted by molar-refractivity contribution is 5.71. The van der Waals surface area contributed by atoms with Crippen molar-refractivity contribution in [1.82, 2.24) is 14.6 Å². The monoisotopic (exact) mass is 514 g/mol. The van der Waals surface area contributed by atoms with Gasteiger partial charge in [-0.15, -0.1) is 5.10 Å². The molecule has 1 aromatic carbocycles. The zero-order chi connectivity index (χ0) is 25.9. The Hall–Kier alpha value is -3.30. The molecule has 1 saturated heterocycles. The number of ether oxygens (including phenoxy) is 1. The van der Waals surface area contributed by atoms with Crippen LogP contribution in [-0.4, -0.2) is 44.4 Å². The molecule has 10 heteroatoms. The van der Waals surface area contributed by atoms with Gasteiger partial charge in [0.15, 0.2) is 11.3 Å². The van der Waals surface area contributed by atoms with Gasteiger partial charge < -0.3 is 14.7 Å². The zero-order valence-electron chi connectivity index (χ0n) is 20.5. The maximum absolute atomic E-state index is 13.0. The maximum atomic E-state index is 13.0. The minimum atomic E-state index is -4.51. The van der Waals surface area contributed by atoms with Crippen molar-refractivity contribution >= 4 is 17.4 Å². The summed E-state index contributed by atoms with van der Waals surface area (Å²) >= 11 is 0. The molecule has 2 aromatic heterocycles. The number of rotatable bonds is 5. The van der Waals surface area contributed by atoms with Gasteiger partial charge in [-0.3, -0.25) is 4.79 Å². The number of anilines is 1. The van der Waals surface area contributed by atoms with E-state index in [1.807, 2.05) is 0 Å². The quantitative estimate of drug-likeness (QED) is 0.496. The summed E-state index contributed by atoms with van der Waals surface area (Å²) in [6.07, 6.45) is 1.88. The van der Waals surface area contributed by atoms with E-state index in [4.69, 9.17) is 4.74 Å². The summed E-state index contributed by atoms with van der Waals surface area (Å²) in [5.74, 6) is 0.668. The molecule has 37 heavy (non-hydrogen) atoms. The first-order valence-electron chi connectivity index (χ1n) is 12.9. The van der Waals surface area contributed by atoms with Crippen LogP contribution in [0.2, 0.25) is 0 Å². The number of hydrogen-bond acceptors (Lipinski definition) is 5. The Morgan fingerprint density at radius 2 is 1.92 bits per heavy atom. The molecule has 0 radical (unpaired) electrons. The van der Waals surface area contributed by atoms with E-state index in [0.29, 0.717) is 24.8 Å². The summed E-state index contributed by atoms with van der Waals surface area (Å²) < 4.78 is 46.9. The number of nitrogens with zero attached hydrogens (tertiary/aromatic N) is 4. The molecule has 6 rings (SSSR count). The molecule has 1 aliphatic carbocycles. The molecule has 196 valence electrons. The molecule has 2 fully saturated rings. The third-order valence-electron chi connectivity index (χ3n) is 8.31. The number of benzene rings is 1. The first kappa shape index (κ1) is 24.1. The zero-order valence-corrected chi connectivity index (χ0v) is 20.5. The number of imidazole rings is 1. The van der Waals surface area contributed by atoms with Crippen LogP contribution in [0.25, 0.3) is 5.65 Å². The van der Waals surface area contributed by atoms with Crippen LogP contribution in [0.3, 0.4) is 0 Å². The average molecular weight is 515 g/mol. The van der Waals surface area contributed by atoms with Gasteiger partial charge in [-0.2, -0.15) is 13.2 Å². The van der Waals surface area contributed by atoms with Crippen molar-refractivity contribution in [2.75, 3.05) is 18.0 Å². The SMILES string of the molecule is C[C@H](C(=O)O)C(c1ccc2c(c1)OC1(CC2)CCN(c2ccc3nc(C(F)(F)F)cn3n2)CC1)C1CC1. The summed E-state index contributed by atoms with van der Waals surface area (Å²) in [4.78, 5) is 17.4. The minimum Gasteiger partial charge on any atom is -0.487 e. The molecule has 3 aromatic rings. The predicted octanol–water partition coefficient (Wildman–Crippen LogP) is 5.33. The van der Waals surface area contributed by atoms with E-state index < -0.39 is 23.8 Å². The lowest BCUT2D eigenvalue weighted by Crippen LogP contribution is -2.50. The van der Waals surface area contributed by atoms with Gasteiger partial charge in [0, 0.05) is 25.9 Å². The second-order valence-electron chi connectivity index (χ2n) is 10.7. The second kappa shape index (κ2) is 8.63. The summed E-state index contributed by atoms with van der Waals surface area (Å²) in [5, 5.41) is 14.0. The summed E-state index contributed by atoms with van der Waals surface area (Å²) in [5.41, 5.74) is 1.10. The third-order valence-corrected chi connectivity index (χ3v) is 8.31. The van der Waals surface area contributed by atoms with Crippen molar-refractivity contribution < 1.29 is 27.8 Å². The summed E-state index contributed by atoms with van der Waals surface area (Å²) in [6, 6.07) is 9.51. The van der Waals surface area contributed by atoms with Gasteiger partial charge in [-0.25, -0.2) is 9.50 Å². The minimum absolute atomic E-state index is 0.00634. The lowest BCUT2D eigenvalue weighted by molar-refractivity contribution is -0.142. The normalized spacial score (nSPS) is 20.9. The first-order chi connectivity index (χ1) is 17.6. The Morgan fingerprint density at radius 3 is 2.59 bits per heavy atom. The summed E-state index contributed by atoms with van der Waals surface area (Å²) in [6.45, 7) is 3.14. The van der Waals surface area contributed by atoms with E-state index in [-0.39, 0.29) is 17.2 Å². The number of aliphatic carboxylic acids is 1. The lowest BCUT2D eigenvalue weighted by Gasteiger charge is -2.45. The number of carboxylic acid groups (broad SMARTS) is 1. The van der Waals surface area contributed by atoms with Gasteiger partial charge in [0.1, 0.15) is 17.2 Å². The number of carbonyl (C=O) groups is 1. The molecule has 4 heterocycles. The fourth-order valence-electron chi connectivity index (χ4n) is 5.98. The maximum Gasteiger partial charge on any atom is 0.434 e. The lowest BCUT2D eigenvalue weighted by atomic mass is 9.80. The van der Waals surface area contributed by atoms with E-state index >= 15 is 0 Å². The van der Waals surface area contributed by atoms with E-state index in [2.05, 4.69) is 33.2 Å². The van der Waals surface area contributed by atoms with E-state index in [1.165, 1.54) is 4.52 Å². The average Bonchev–Trinajstić information content (AvgIpc) is 3.59. The molecule has 0 amide bonds. The number of aromatic nitrogens is 3.